The van der Waals surface area contributed by atoms with E-state index in [-0.39, 0.29) is 6.61 Å². The number of hydrogen-bond acceptors (Lipinski definition) is 12. The summed E-state index contributed by atoms with van der Waals surface area (Å²) in [5.74, 6) is -1.67. The molecule has 0 radical (unpaired) electrons. The summed E-state index contributed by atoms with van der Waals surface area (Å²) >= 11 is 6.17. The number of carbonyl (C=O) groups excluding carboxylic acids is 3. The van der Waals surface area contributed by atoms with Crippen LogP contribution in [0.25, 0.3) is 11.3 Å². The minimum Gasteiger partial charge on any atom is -0.463 e. The number of esters is 3. The van der Waals surface area contributed by atoms with E-state index in [0.29, 0.717) is 5.69 Å². The molecule has 0 spiro atoms. The van der Waals surface area contributed by atoms with Crippen LogP contribution in [-0.2, 0) is 33.3 Å². The zero-order valence-electron chi connectivity index (χ0n) is 20.0. The molecule has 37 heavy (non-hydrogen) atoms. The Labute approximate surface area is 229 Å². The van der Waals surface area contributed by atoms with E-state index in [1.165, 1.54) is 48.6 Å². The second kappa shape index (κ2) is 12.2. The summed E-state index contributed by atoms with van der Waals surface area (Å²) in [6.07, 6.45) is 2.10. The van der Waals surface area contributed by atoms with Gasteiger partial charge in [0.2, 0.25) is 0 Å². The zero-order chi connectivity index (χ0) is 26.5. The molecule has 4 heterocycles. The summed E-state index contributed by atoms with van der Waals surface area (Å²) < 4.78 is 25.2. The second-order valence-electron chi connectivity index (χ2n) is 8.04. The van der Waals surface area contributed by atoms with E-state index < -0.39 is 47.7 Å². The van der Waals surface area contributed by atoms with Crippen LogP contribution in [0.4, 0.5) is 0 Å². The SMILES string of the molecule is CC(=O)OCC1OC(Sc2cncc(Br)c2)C(OC(C)=O)C(n2cc(-c3ccsc3)nn2)C1OC(C)=O. The van der Waals surface area contributed by atoms with Crippen molar-refractivity contribution in [2.45, 2.75) is 55.5 Å². The molecule has 196 valence electrons. The lowest BCUT2D eigenvalue weighted by molar-refractivity contribution is -0.212. The summed E-state index contributed by atoms with van der Waals surface area (Å²) in [5.41, 5.74) is 0.651. The van der Waals surface area contributed by atoms with Crippen molar-refractivity contribution >= 4 is 56.9 Å². The standard InChI is InChI=1S/C23H23BrN4O7S2/c1-12(29)32-10-19-21(33-13(2)30)20(28-9-18(26-27-28)15-4-5-36-11-15)22(34-14(3)31)23(35-19)37-17-6-16(24)7-25-8-17/h4-9,11,19-23H,10H2,1-3H3. The number of hydrogen-bond donors (Lipinski definition) is 0. The predicted molar refractivity (Wildman–Crippen MR) is 137 cm³/mol. The Bertz CT molecular complexity index is 1260. The van der Waals surface area contributed by atoms with Crippen LogP contribution in [0.2, 0.25) is 0 Å². The van der Waals surface area contributed by atoms with E-state index in [4.69, 9.17) is 18.9 Å². The lowest BCUT2D eigenvalue weighted by Gasteiger charge is -2.44. The quantitative estimate of drug-likeness (QED) is 0.273. The monoisotopic (exact) mass is 610 g/mol. The van der Waals surface area contributed by atoms with Crippen molar-refractivity contribution in [2.75, 3.05) is 6.61 Å². The summed E-state index contributed by atoms with van der Waals surface area (Å²) in [5, 5.41) is 12.4. The van der Waals surface area contributed by atoms with Gasteiger partial charge in [-0.15, -0.1) is 5.10 Å². The molecule has 1 aliphatic heterocycles. The third-order valence-electron chi connectivity index (χ3n) is 5.24. The first-order valence-corrected chi connectivity index (χ1v) is 13.7. The summed E-state index contributed by atoms with van der Waals surface area (Å²) in [6.45, 7) is 3.61. The molecule has 14 heteroatoms. The highest BCUT2D eigenvalue weighted by atomic mass is 79.9. The van der Waals surface area contributed by atoms with Crippen molar-refractivity contribution in [1.29, 1.82) is 0 Å². The van der Waals surface area contributed by atoms with E-state index in [2.05, 4.69) is 31.2 Å². The molecule has 0 N–H and O–H groups in total. The van der Waals surface area contributed by atoms with Gasteiger partial charge in [-0.25, -0.2) is 4.68 Å². The molecule has 0 amide bonds. The number of aromatic nitrogens is 4. The largest absolute Gasteiger partial charge is 0.463 e. The fourth-order valence-corrected chi connectivity index (χ4v) is 6.13. The maximum absolute atomic E-state index is 12.2. The first kappa shape index (κ1) is 27.2. The predicted octanol–water partition coefficient (Wildman–Crippen LogP) is 3.65. The van der Waals surface area contributed by atoms with Gasteiger partial charge in [-0.1, -0.05) is 17.0 Å². The number of ether oxygens (including phenoxy) is 4. The topological polar surface area (TPSA) is 132 Å². The molecule has 5 unspecified atom stereocenters. The summed E-state index contributed by atoms with van der Waals surface area (Å²) in [6, 6.07) is 2.89. The minimum absolute atomic E-state index is 0.198. The maximum Gasteiger partial charge on any atom is 0.303 e. The van der Waals surface area contributed by atoms with Crippen molar-refractivity contribution in [1.82, 2.24) is 20.0 Å². The van der Waals surface area contributed by atoms with Gasteiger partial charge < -0.3 is 18.9 Å². The van der Waals surface area contributed by atoms with Gasteiger partial charge in [-0.05, 0) is 33.4 Å². The molecule has 0 aromatic carbocycles. The van der Waals surface area contributed by atoms with E-state index in [1.807, 2.05) is 22.9 Å². The van der Waals surface area contributed by atoms with Gasteiger partial charge in [0, 0.05) is 53.5 Å². The van der Waals surface area contributed by atoms with Crippen LogP contribution in [0.1, 0.15) is 26.8 Å². The third kappa shape index (κ3) is 6.94. The van der Waals surface area contributed by atoms with Crippen LogP contribution in [0.5, 0.6) is 0 Å². The molecular formula is C23H23BrN4O7S2. The Kier molecular flexibility index (Phi) is 8.95. The van der Waals surface area contributed by atoms with Crippen molar-refractivity contribution in [3.05, 3.63) is 46.0 Å². The van der Waals surface area contributed by atoms with E-state index in [1.54, 1.807) is 18.6 Å². The first-order chi connectivity index (χ1) is 17.7. The van der Waals surface area contributed by atoms with Gasteiger partial charge >= 0.3 is 17.9 Å². The second-order valence-corrected chi connectivity index (χ2v) is 10.9. The van der Waals surface area contributed by atoms with Gasteiger partial charge in [-0.3, -0.25) is 19.4 Å². The number of pyridine rings is 1. The van der Waals surface area contributed by atoms with Crippen LogP contribution < -0.4 is 0 Å². The lowest BCUT2D eigenvalue weighted by Crippen LogP contribution is -2.57. The van der Waals surface area contributed by atoms with Crippen molar-refractivity contribution in [3.63, 3.8) is 0 Å². The average Bonchev–Trinajstić information content (AvgIpc) is 3.51. The Balaban J connectivity index is 1.78. The van der Waals surface area contributed by atoms with Crippen LogP contribution in [-0.4, -0.2) is 68.2 Å². The van der Waals surface area contributed by atoms with Gasteiger partial charge in [-0.2, -0.15) is 11.3 Å². The molecule has 0 aliphatic carbocycles. The maximum atomic E-state index is 12.2. The third-order valence-corrected chi connectivity index (χ3v) is 7.46. The fourth-order valence-electron chi connectivity index (χ4n) is 3.83. The fraction of sp³-hybridized carbons (Fsp3) is 0.391. The van der Waals surface area contributed by atoms with Gasteiger partial charge in [0.1, 0.15) is 29.9 Å². The van der Waals surface area contributed by atoms with E-state index in [0.717, 1.165) is 14.9 Å². The lowest BCUT2D eigenvalue weighted by atomic mass is 9.96. The van der Waals surface area contributed by atoms with Crippen molar-refractivity contribution < 1.29 is 33.3 Å². The molecule has 3 aromatic heterocycles. The number of rotatable bonds is 8. The molecule has 11 nitrogen and oxygen atoms in total. The summed E-state index contributed by atoms with van der Waals surface area (Å²) in [4.78, 5) is 40.9. The van der Waals surface area contributed by atoms with Crippen LogP contribution in [0.3, 0.4) is 0 Å². The van der Waals surface area contributed by atoms with Crippen LogP contribution in [0, 0.1) is 0 Å². The van der Waals surface area contributed by atoms with E-state index >= 15 is 0 Å². The molecule has 1 fully saturated rings. The zero-order valence-corrected chi connectivity index (χ0v) is 23.2. The van der Waals surface area contributed by atoms with Crippen molar-refractivity contribution in [3.8, 4) is 11.3 Å². The average molecular weight is 611 g/mol. The van der Waals surface area contributed by atoms with Gasteiger partial charge in [0.25, 0.3) is 0 Å². The molecule has 1 saturated heterocycles. The number of carbonyl (C=O) groups is 3. The molecule has 1 aliphatic rings. The smallest absolute Gasteiger partial charge is 0.303 e. The first-order valence-electron chi connectivity index (χ1n) is 11.1. The number of thiophene rings is 1. The van der Waals surface area contributed by atoms with E-state index in [9.17, 15) is 14.4 Å². The summed E-state index contributed by atoms with van der Waals surface area (Å²) in [7, 11) is 0. The molecule has 3 aromatic rings. The Morgan fingerprint density at radius 2 is 1.89 bits per heavy atom. The number of nitrogens with zero attached hydrogens (tertiary/aromatic N) is 4. The van der Waals surface area contributed by atoms with Crippen LogP contribution >= 0.6 is 39.0 Å². The Hall–Kier alpha value is -2.81. The Morgan fingerprint density at radius 3 is 2.54 bits per heavy atom. The number of thioether (sulfide) groups is 1. The molecule has 5 atom stereocenters. The highest BCUT2D eigenvalue weighted by Gasteiger charge is 2.52. The molecule has 0 saturated carbocycles. The Morgan fingerprint density at radius 1 is 1.14 bits per heavy atom. The molecule has 0 bridgehead atoms. The normalized spacial score (nSPS) is 23.3. The number of halogens is 1. The van der Waals surface area contributed by atoms with Crippen LogP contribution in [0.15, 0.2) is 50.9 Å². The highest BCUT2D eigenvalue weighted by Crippen LogP contribution is 2.41. The van der Waals surface area contributed by atoms with Crippen molar-refractivity contribution in [2.24, 2.45) is 0 Å². The molecular weight excluding hydrogens is 588 g/mol. The molecule has 4 rings (SSSR count). The minimum atomic E-state index is -1.02. The highest BCUT2D eigenvalue weighted by molar-refractivity contribution is 9.10. The van der Waals surface area contributed by atoms with Gasteiger partial charge in [0.15, 0.2) is 12.2 Å². The van der Waals surface area contributed by atoms with Gasteiger partial charge in [0.05, 0.1) is 6.20 Å².